The summed E-state index contributed by atoms with van der Waals surface area (Å²) in [6.07, 6.45) is 1.78. The molecule has 10 heteroatoms. The number of anilines is 2. The van der Waals surface area contributed by atoms with Crippen molar-refractivity contribution in [1.82, 2.24) is 4.31 Å². The number of hydrogen-bond donors (Lipinski definition) is 1. The van der Waals surface area contributed by atoms with Gasteiger partial charge in [0.2, 0.25) is 15.9 Å². The highest BCUT2D eigenvalue weighted by Crippen LogP contribution is 2.39. The minimum absolute atomic E-state index is 0.0332. The molecule has 3 aliphatic heterocycles. The molecule has 1 fully saturated rings. The van der Waals surface area contributed by atoms with Crippen LogP contribution in [0.3, 0.4) is 0 Å². The smallest absolute Gasteiger partial charge is 0.262 e. The Morgan fingerprint density at radius 3 is 2.84 bits per heavy atom. The molecule has 31 heavy (non-hydrogen) atoms. The SMILES string of the molecule is O=C1COc2cc(S(=O)(=O)N3CCCC3C(=O)N3CCc4ccccc43)c(Cl)cc2N1. The van der Waals surface area contributed by atoms with Crippen LogP contribution >= 0.6 is 11.6 Å². The van der Waals surface area contributed by atoms with Crippen molar-refractivity contribution in [3.05, 3.63) is 47.0 Å². The third kappa shape index (κ3) is 3.37. The van der Waals surface area contributed by atoms with E-state index in [4.69, 9.17) is 16.3 Å². The van der Waals surface area contributed by atoms with Crippen LogP contribution < -0.4 is 15.0 Å². The van der Waals surface area contributed by atoms with E-state index in [-0.39, 0.29) is 40.6 Å². The predicted octanol–water partition coefficient (Wildman–Crippen LogP) is 2.41. The first-order valence-electron chi connectivity index (χ1n) is 10.0. The molecule has 1 saturated heterocycles. The number of carbonyl (C=O) groups is 2. The van der Waals surface area contributed by atoms with Gasteiger partial charge < -0.3 is 15.0 Å². The lowest BCUT2D eigenvalue weighted by Gasteiger charge is -2.28. The van der Waals surface area contributed by atoms with Gasteiger partial charge >= 0.3 is 0 Å². The van der Waals surface area contributed by atoms with Crippen molar-refractivity contribution < 1.29 is 22.7 Å². The molecule has 3 aliphatic rings. The lowest BCUT2D eigenvalue weighted by molar-refractivity contribution is -0.121. The number of carbonyl (C=O) groups excluding carboxylic acids is 2. The molecule has 3 heterocycles. The lowest BCUT2D eigenvalue weighted by atomic mass is 10.1. The number of fused-ring (bicyclic) bond motifs is 2. The molecule has 2 aromatic rings. The molecule has 162 valence electrons. The second-order valence-electron chi connectivity index (χ2n) is 7.76. The molecule has 1 atom stereocenters. The van der Waals surface area contributed by atoms with E-state index in [9.17, 15) is 18.0 Å². The van der Waals surface area contributed by atoms with E-state index in [1.54, 1.807) is 4.90 Å². The summed E-state index contributed by atoms with van der Waals surface area (Å²) in [6, 6.07) is 9.57. The fraction of sp³-hybridized carbons (Fsp3) is 0.333. The molecule has 8 nitrogen and oxygen atoms in total. The first kappa shape index (κ1) is 20.3. The van der Waals surface area contributed by atoms with Crippen molar-refractivity contribution in [2.75, 3.05) is 29.9 Å². The molecule has 1 unspecified atom stereocenters. The summed E-state index contributed by atoms with van der Waals surface area (Å²) in [6.45, 7) is 0.572. The van der Waals surface area contributed by atoms with Crippen LogP contribution in [0.5, 0.6) is 5.75 Å². The molecule has 0 spiro atoms. The van der Waals surface area contributed by atoms with Gasteiger partial charge in [0.15, 0.2) is 6.61 Å². The van der Waals surface area contributed by atoms with Gasteiger partial charge in [0.25, 0.3) is 5.91 Å². The summed E-state index contributed by atoms with van der Waals surface area (Å²) in [5, 5.41) is 2.57. The maximum atomic E-state index is 13.5. The summed E-state index contributed by atoms with van der Waals surface area (Å²) in [5.41, 5.74) is 2.25. The zero-order valence-corrected chi connectivity index (χ0v) is 18.1. The van der Waals surface area contributed by atoms with E-state index in [1.807, 2.05) is 24.3 Å². The summed E-state index contributed by atoms with van der Waals surface area (Å²) in [7, 11) is -4.06. The first-order chi connectivity index (χ1) is 14.9. The third-order valence-corrected chi connectivity index (χ3v) is 8.27. The molecule has 2 amide bonds. The Morgan fingerprint density at radius 1 is 1.19 bits per heavy atom. The first-order valence-corrected chi connectivity index (χ1v) is 11.9. The topological polar surface area (TPSA) is 96.0 Å². The molecular formula is C21H20ClN3O5S. The van der Waals surface area contributed by atoms with E-state index < -0.39 is 16.1 Å². The average molecular weight is 462 g/mol. The van der Waals surface area contributed by atoms with Crippen molar-refractivity contribution in [2.45, 2.75) is 30.2 Å². The molecule has 0 aliphatic carbocycles. The maximum absolute atomic E-state index is 13.5. The maximum Gasteiger partial charge on any atom is 0.262 e. The normalized spacial score (nSPS) is 20.7. The van der Waals surface area contributed by atoms with Gasteiger partial charge in [-0.05, 0) is 37.0 Å². The van der Waals surface area contributed by atoms with Crippen LogP contribution in [0, 0.1) is 0 Å². The third-order valence-electron chi connectivity index (χ3n) is 5.90. The Balaban J connectivity index is 1.47. The number of nitrogens with one attached hydrogen (secondary N) is 1. The van der Waals surface area contributed by atoms with Crippen LogP contribution in [0.25, 0.3) is 0 Å². The van der Waals surface area contributed by atoms with Crippen LogP contribution in [0.2, 0.25) is 5.02 Å². The number of ether oxygens (including phenoxy) is 1. The number of amides is 2. The predicted molar refractivity (Wildman–Crippen MR) is 115 cm³/mol. The quantitative estimate of drug-likeness (QED) is 0.757. The van der Waals surface area contributed by atoms with E-state index in [0.29, 0.717) is 25.1 Å². The molecular weight excluding hydrogens is 442 g/mol. The van der Waals surface area contributed by atoms with E-state index >= 15 is 0 Å². The van der Waals surface area contributed by atoms with Gasteiger partial charge in [-0.25, -0.2) is 8.42 Å². The van der Waals surface area contributed by atoms with E-state index in [1.165, 1.54) is 16.4 Å². The van der Waals surface area contributed by atoms with Crippen molar-refractivity contribution in [3.8, 4) is 5.75 Å². The number of benzene rings is 2. The van der Waals surface area contributed by atoms with Gasteiger partial charge in [-0.15, -0.1) is 0 Å². The fourth-order valence-electron chi connectivity index (χ4n) is 4.43. The monoisotopic (exact) mass is 461 g/mol. The van der Waals surface area contributed by atoms with Gasteiger partial charge in [-0.1, -0.05) is 29.8 Å². The second kappa shape index (κ2) is 7.51. The second-order valence-corrected chi connectivity index (χ2v) is 10.0. The number of halogens is 1. The molecule has 5 rings (SSSR count). The van der Waals surface area contributed by atoms with Gasteiger partial charge in [0, 0.05) is 24.8 Å². The van der Waals surface area contributed by atoms with Crippen molar-refractivity contribution in [3.63, 3.8) is 0 Å². The summed E-state index contributed by atoms with van der Waals surface area (Å²) >= 11 is 6.29. The van der Waals surface area contributed by atoms with Gasteiger partial charge in [0.1, 0.15) is 16.7 Å². The van der Waals surface area contributed by atoms with Crippen molar-refractivity contribution in [2.24, 2.45) is 0 Å². The minimum Gasteiger partial charge on any atom is -0.482 e. The van der Waals surface area contributed by atoms with Crippen LogP contribution in [0.4, 0.5) is 11.4 Å². The largest absolute Gasteiger partial charge is 0.482 e. The number of rotatable bonds is 3. The molecule has 0 saturated carbocycles. The Hall–Kier alpha value is -2.62. The van der Waals surface area contributed by atoms with Crippen LogP contribution in [0.15, 0.2) is 41.3 Å². The average Bonchev–Trinajstić information content (AvgIpc) is 3.40. The Labute approximate surface area is 184 Å². The Bertz CT molecular complexity index is 1200. The molecule has 0 bridgehead atoms. The molecule has 0 aromatic heterocycles. The van der Waals surface area contributed by atoms with Crippen molar-refractivity contribution >= 4 is 44.8 Å². The van der Waals surface area contributed by atoms with Crippen LogP contribution in [-0.2, 0) is 26.0 Å². The van der Waals surface area contributed by atoms with E-state index in [2.05, 4.69) is 5.32 Å². The highest BCUT2D eigenvalue weighted by molar-refractivity contribution is 7.89. The fourth-order valence-corrected chi connectivity index (χ4v) is 6.60. The van der Waals surface area contributed by atoms with Gasteiger partial charge in [0.05, 0.1) is 10.7 Å². The summed E-state index contributed by atoms with van der Waals surface area (Å²) < 4.78 is 33.6. The Morgan fingerprint density at radius 2 is 2.00 bits per heavy atom. The molecule has 1 N–H and O–H groups in total. The summed E-state index contributed by atoms with van der Waals surface area (Å²) in [5.74, 6) is -0.322. The number of nitrogens with zero attached hydrogens (tertiary/aromatic N) is 2. The van der Waals surface area contributed by atoms with Crippen LogP contribution in [0.1, 0.15) is 18.4 Å². The minimum atomic E-state index is -4.06. The zero-order chi connectivity index (χ0) is 21.8. The summed E-state index contributed by atoms with van der Waals surface area (Å²) in [4.78, 5) is 26.4. The highest BCUT2D eigenvalue weighted by Gasteiger charge is 2.43. The number of hydrogen-bond acceptors (Lipinski definition) is 5. The van der Waals surface area contributed by atoms with Crippen molar-refractivity contribution in [1.29, 1.82) is 0 Å². The molecule has 0 radical (unpaired) electrons. The standard InChI is InChI=1S/C21H20ClN3O5S/c22-14-10-15-18(30-12-20(26)23-15)11-19(14)31(28,29)25-8-3-6-17(25)21(27)24-9-7-13-4-1-2-5-16(13)24/h1-2,4-5,10-11,17H,3,6-9,12H2,(H,23,26). The number of para-hydroxylation sites is 1. The van der Waals surface area contributed by atoms with Crippen LogP contribution in [-0.4, -0.2) is 50.3 Å². The highest BCUT2D eigenvalue weighted by atomic mass is 35.5. The van der Waals surface area contributed by atoms with Gasteiger partial charge in [-0.2, -0.15) is 4.31 Å². The number of sulfonamides is 1. The molecule has 2 aromatic carbocycles. The lowest BCUT2D eigenvalue weighted by Crippen LogP contribution is -2.47. The van der Waals surface area contributed by atoms with E-state index in [0.717, 1.165) is 17.7 Å². The zero-order valence-electron chi connectivity index (χ0n) is 16.5. The van der Waals surface area contributed by atoms with Gasteiger partial charge in [-0.3, -0.25) is 9.59 Å². The Kier molecular flexibility index (Phi) is 4.91.